The zero-order chi connectivity index (χ0) is 23.1. The van der Waals surface area contributed by atoms with Crippen molar-refractivity contribution in [3.05, 3.63) is 64.5 Å². The van der Waals surface area contributed by atoms with Gasteiger partial charge in [0.05, 0.1) is 6.61 Å². The Balaban J connectivity index is 1.69. The molecule has 0 spiro atoms. The van der Waals surface area contributed by atoms with Crippen LogP contribution >= 0.6 is 0 Å². The van der Waals surface area contributed by atoms with Crippen LogP contribution in [0, 0.1) is 0 Å². The average molecular weight is 439 g/mol. The molecule has 0 fully saturated rings. The summed E-state index contributed by atoms with van der Waals surface area (Å²) in [7, 11) is 0. The lowest BCUT2D eigenvalue weighted by molar-refractivity contribution is -0.136. The van der Waals surface area contributed by atoms with E-state index in [1.165, 1.54) is 12.1 Å². The Morgan fingerprint density at radius 3 is 2.44 bits per heavy atom. The highest BCUT2D eigenvalue weighted by atomic mass is 16.6. The van der Waals surface area contributed by atoms with Gasteiger partial charge in [-0.3, -0.25) is 4.79 Å². The highest BCUT2D eigenvalue weighted by Gasteiger charge is 2.16. The molecule has 1 N–H and O–H groups in total. The molecule has 8 heteroatoms. The van der Waals surface area contributed by atoms with E-state index in [2.05, 4.69) is 5.32 Å². The molecule has 1 atom stereocenters. The summed E-state index contributed by atoms with van der Waals surface area (Å²) >= 11 is 0. The summed E-state index contributed by atoms with van der Waals surface area (Å²) in [6.07, 6.45) is 0.736. The van der Waals surface area contributed by atoms with Gasteiger partial charge in [-0.2, -0.15) is 0 Å². The van der Waals surface area contributed by atoms with Gasteiger partial charge in [0.2, 0.25) is 0 Å². The van der Waals surface area contributed by atoms with Crippen molar-refractivity contribution in [2.75, 3.05) is 13.2 Å². The first-order valence-corrected chi connectivity index (χ1v) is 10.3. The van der Waals surface area contributed by atoms with E-state index in [0.717, 1.165) is 6.42 Å². The molecule has 2 aromatic carbocycles. The number of fused-ring (bicyclic) bond motifs is 1. The molecule has 32 heavy (non-hydrogen) atoms. The topological polar surface area (TPSA) is 104 Å². The molecule has 0 bridgehead atoms. The Bertz CT molecular complexity index is 1170. The molecular weight excluding hydrogens is 414 g/mol. The predicted molar refractivity (Wildman–Crippen MR) is 118 cm³/mol. The molecule has 1 heterocycles. The van der Waals surface area contributed by atoms with Crippen molar-refractivity contribution in [3.63, 3.8) is 0 Å². The molecule has 1 aromatic heterocycles. The Morgan fingerprint density at radius 2 is 1.75 bits per heavy atom. The van der Waals surface area contributed by atoms with Crippen molar-refractivity contribution in [2.45, 2.75) is 33.2 Å². The Morgan fingerprint density at radius 1 is 1.03 bits per heavy atom. The monoisotopic (exact) mass is 439 g/mol. The highest BCUT2D eigenvalue weighted by Crippen LogP contribution is 2.26. The molecule has 0 saturated carbocycles. The molecule has 0 aliphatic heterocycles. The van der Waals surface area contributed by atoms with E-state index in [4.69, 9.17) is 18.6 Å². The first-order valence-electron chi connectivity index (χ1n) is 10.3. The van der Waals surface area contributed by atoms with Crippen LogP contribution in [0.3, 0.4) is 0 Å². The predicted octanol–water partition coefficient (Wildman–Crippen LogP) is 3.70. The molecule has 3 rings (SSSR count). The van der Waals surface area contributed by atoms with E-state index >= 15 is 0 Å². The molecule has 1 unspecified atom stereocenters. The Hall–Kier alpha value is -3.81. The molecular formula is C24H25NO7. The van der Waals surface area contributed by atoms with Crippen LogP contribution in [-0.4, -0.2) is 31.1 Å². The maximum absolute atomic E-state index is 12.3. The minimum absolute atomic E-state index is 0.0675. The summed E-state index contributed by atoms with van der Waals surface area (Å²) < 4.78 is 21.5. The second-order valence-electron chi connectivity index (χ2n) is 7.07. The van der Waals surface area contributed by atoms with Crippen molar-refractivity contribution < 1.29 is 28.2 Å². The van der Waals surface area contributed by atoms with Gasteiger partial charge in [0.25, 0.3) is 5.91 Å². The molecule has 8 nitrogen and oxygen atoms in total. The average Bonchev–Trinajstić information content (AvgIpc) is 2.78. The zero-order valence-electron chi connectivity index (χ0n) is 18.2. The SMILES string of the molecule is CCOc1ccccc1OCC(=O)Oc1ccc2cc(C(=O)NC(C)CC)c(=O)oc2c1. The summed E-state index contributed by atoms with van der Waals surface area (Å²) in [6, 6.07) is 13.0. The number of carbonyl (C=O) groups excluding carboxylic acids is 2. The molecule has 0 aliphatic rings. The van der Waals surface area contributed by atoms with Gasteiger partial charge in [0.1, 0.15) is 16.9 Å². The fourth-order valence-corrected chi connectivity index (χ4v) is 2.86. The fraction of sp³-hybridized carbons (Fsp3) is 0.292. The summed E-state index contributed by atoms with van der Waals surface area (Å²) in [5.41, 5.74) is -0.649. The van der Waals surface area contributed by atoms with Crippen LogP contribution in [0.25, 0.3) is 11.0 Å². The summed E-state index contributed by atoms with van der Waals surface area (Å²) in [5.74, 6) is 0.0177. The van der Waals surface area contributed by atoms with Crippen molar-refractivity contribution in [2.24, 2.45) is 0 Å². The normalized spacial score (nSPS) is 11.6. The molecule has 0 saturated heterocycles. The third kappa shape index (κ3) is 5.66. The lowest BCUT2D eigenvalue weighted by Crippen LogP contribution is -2.34. The van der Waals surface area contributed by atoms with Gasteiger partial charge < -0.3 is 23.9 Å². The number of hydrogen-bond acceptors (Lipinski definition) is 7. The lowest BCUT2D eigenvalue weighted by Gasteiger charge is -2.12. The lowest BCUT2D eigenvalue weighted by atomic mass is 10.1. The maximum atomic E-state index is 12.3. The zero-order valence-corrected chi connectivity index (χ0v) is 18.2. The smallest absolute Gasteiger partial charge is 0.349 e. The van der Waals surface area contributed by atoms with Gasteiger partial charge in [0.15, 0.2) is 18.1 Å². The summed E-state index contributed by atoms with van der Waals surface area (Å²) in [5, 5.41) is 3.27. The summed E-state index contributed by atoms with van der Waals surface area (Å²) in [4.78, 5) is 36.7. The van der Waals surface area contributed by atoms with Gasteiger partial charge in [-0.15, -0.1) is 0 Å². The number of carbonyl (C=O) groups is 2. The molecule has 168 valence electrons. The number of para-hydroxylation sites is 2. The van der Waals surface area contributed by atoms with Crippen molar-refractivity contribution in [1.82, 2.24) is 5.32 Å². The standard InChI is InChI=1S/C24H25NO7/c1-4-15(3)25-23(27)18-12-16-10-11-17(13-21(16)32-24(18)28)31-22(26)14-30-20-9-7-6-8-19(20)29-5-2/h6-13,15H,4-5,14H2,1-3H3,(H,25,27). The number of ether oxygens (including phenoxy) is 3. The van der Waals surface area contributed by atoms with Crippen LogP contribution < -0.4 is 25.2 Å². The number of amides is 1. The van der Waals surface area contributed by atoms with E-state index in [0.29, 0.717) is 23.5 Å². The first-order chi connectivity index (χ1) is 15.4. The Labute approximate surface area is 185 Å². The second kappa shape index (κ2) is 10.5. The summed E-state index contributed by atoms with van der Waals surface area (Å²) in [6.45, 7) is 5.76. The van der Waals surface area contributed by atoms with Crippen LogP contribution in [0.5, 0.6) is 17.2 Å². The Kier molecular flexibility index (Phi) is 7.49. The molecule has 1 amide bonds. The number of hydrogen-bond donors (Lipinski definition) is 1. The van der Waals surface area contributed by atoms with E-state index in [1.54, 1.807) is 36.4 Å². The van der Waals surface area contributed by atoms with Gasteiger partial charge >= 0.3 is 11.6 Å². The third-order valence-corrected chi connectivity index (χ3v) is 4.67. The van der Waals surface area contributed by atoms with Crippen LogP contribution in [0.15, 0.2) is 57.7 Å². The van der Waals surface area contributed by atoms with E-state index in [9.17, 15) is 14.4 Å². The molecule has 0 aliphatic carbocycles. The van der Waals surface area contributed by atoms with E-state index in [1.807, 2.05) is 20.8 Å². The van der Waals surface area contributed by atoms with Gasteiger partial charge in [0, 0.05) is 17.5 Å². The number of benzene rings is 2. The number of esters is 1. The van der Waals surface area contributed by atoms with Gasteiger partial charge in [-0.25, -0.2) is 9.59 Å². The quantitative estimate of drug-likeness (QED) is 0.308. The van der Waals surface area contributed by atoms with Crippen molar-refractivity contribution >= 4 is 22.8 Å². The molecule has 3 aromatic rings. The van der Waals surface area contributed by atoms with Gasteiger partial charge in [-0.05, 0) is 50.6 Å². The van der Waals surface area contributed by atoms with Crippen molar-refractivity contribution in [3.8, 4) is 17.2 Å². The van der Waals surface area contributed by atoms with Crippen LogP contribution in [0.1, 0.15) is 37.6 Å². The minimum Gasteiger partial charge on any atom is -0.490 e. The number of rotatable bonds is 9. The van der Waals surface area contributed by atoms with E-state index < -0.39 is 17.5 Å². The van der Waals surface area contributed by atoms with E-state index in [-0.39, 0.29) is 29.5 Å². The fourth-order valence-electron chi connectivity index (χ4n) is 2.86. The highest BCUT2D eigenvalue weighted by molar-refractivity contribution is 5.97. The number of nitrogens with one attached hydrogen (secondary N) is 1. The van der Waals surface area contributed by atoms with Crippen LogP contribution in [0.2, 0.25) is 0 Å². The van der Waals surface area contributed by atoms with Gasteiger partial charge in [-0.1, -0.05) is 19.1 Å². The third-order valence-electron chi connectivity index (χ3n) is 4.67. The van der Waals surface area contributed by atoms with Crippen LogP contribution in [-0.2, 0) is 4.79 Å². The second-order valence-corrected chi connectivity index (χ2v) is 7.07. The maximum Gasteiger partial charge on any atom is 0.349 e. The van der Waals surface area contributed by atoms with Crippen molar-refractivity contribution in [1.29, 1.82) is 0 Å². The first kappa shape index (κ1) is 22.9. The largest absolute Gasteiger partial charge is 0.490 e. The van der Waals surface area contributed by atoms with Crippen LogP contribution in [0.4, 0.5) is 0 Å². The minimum atomic E-state index is -0.766. The molecule has 0 radical (unpaired) electrons.